The molecule has 2 fully saturated rings. The minimum Gasteiger partial charge on any atom is -0.431 e. The molecule has 2 aromatic heterocycles. The second-order valence-electron chi connectivity index (χ2n) is 10.1. The molecule has 1 saturated carbocycles. The summed E-state index contributed by atoms with van der Waals surface area (Å²) in [7, 11) is 0. The standard InChI is InChI=1S/C28H31F3N6O3/c29-28(30,31)24-23(36-26(40-24)18-7-3-1-4-8-18)25(38)34-21-11-12-22(32-17-21)33-20-13-15-37(16-14-20)27(39)35-19-9-5-2-6-10-19/h1,3-4,7-8,11-12,17,19-20H,2,5-6,9-10,13-16H2,(H,32,33)(H,34,38)(H,35,39). The zero-order valence-electron chi connectivity index (χ0n) is 21.8. The lowest BCUT2D eigenvalue weighted by molar-refractivity contribution is -0.153. The molecule has 0 atom stereocenters. The number of likely N-dealkylation sites (tertiary alicyclic amines) is 1. The van der Waals surface area contributed by atoms with Crippen LogP contribution in [0.4, 0.5) is 29.5 Å². The fourth-order valence-electron chi connectivity index (χ4n) is 5.06. The van der Waals surface area contributed by atoms with Crippen molar-refractivity contribution in [2.24, 2.45) is 0 Å². The molecule has 12 heteroatoms. The van der Waals surface area contributed by atoms with Gasteiger partial charge in [0.05, 0.1) is 11.9 Å². The monoisotopic (exact) mass is 556 g/mol. The topological polar surface area (TPSA) is 112 Å². The first-order chi connectivity index (χ1) is 19.3. The summed E-state index contributed by atoms with van der Waals surface area (Å²) in [5, 5.41) is 8.90. The number of anilines is 2. The summed E-state index contributed by atoms with van der Waals surface area (Å²) < 4.78 is 45.6. The number of carbonyl (C=O) groups is 2. The van der Waals surface area contributed by atoms with E-state index in [0.29, 0.717) is 24.5 Å². The minimum absolute atomic E-state index is 0.000233. The van der Waals surface area contributed by atoms with Crippen molar-refractivity contribution in [3.05, 3.63) is 60.1 Å². The van der Waals surface area contributed by atoms with E-state index in [9.17, 15) is 22.8 Å². The van der Waals surface area contributed by atoms with Crippen molar-refractivity contribution in [3.8, 4) is 11.5 Å². The number of benzene rings is 1. The van der Waals surface area contributed by atoms with Crippen molar-refractivity contribution in [2.75, 3.05) is 23.7 Å². The lowest BCUT2D eigenvalue weighted by Crippen LogP contribution is -2.49. The number of urea groups is 1. The Hall–Kier alpha value is -4.09. The summed E-state index contributed by atoms with van der Waals surface area (Å²) in [6.45, 7) is 1.27. The summed E-state index contributed by atoms with van der Waals surface area (Å²) in [5.74, 6) is -2.26. The Morgan fingerprint density at radius 3 is 2.30 bits per heavy atom. The third kappa shape index (κ3) is 6.72. The molecule has 1 aliphatic heterocycles. The van der Waals surface area contributed by atoms with Crippen LogP contribution in [0.15, 0.2) is 53.1 Å². The number of amides is 3. The molecule has 40 heavy (non-hydrogen) atoms. The maximum absolute atomic E-state index is 13.6. The van der Waals surface area contributed by atoms with Crippen molar-refractivity contribution in [1.82, 2.24) is 20.2 Å². The number of oxazole rings is 1. The van der Waals surface area contributed by atoms with E-state index in [-0.39, 0.29) is 29.7 Å². The fourth-order valence-corrected chi connectivity index (χ4v) is 5.06. The predicted octanol–water partition coefficient (Wildman–Crippen LogP) is 5.93. The third-order valence-corrected chi connectivity index (χ3v) is 7.21. The lowest BCUT2D eigenvalue weighted by Gasteiger charge is -2.34. The van der Waals surface area contributed by atoms with Crippen molar-refractivity contribution in [3.63, 3.8) is 0 Å². The molecule has 9 nitrogen and oxygen atoms in total. The zero-order valence-corrected chi connectivity index (χ0v) is 21.8. The third-order valence-electron chi connectivity index (χ3n) is 7.21. The Bertz CT molecular complexity index is 1300. The molecule has 5 rings (SSSR count). The van der Waals surface area contributed by atoms with Crippen molar-refractivity contribution < 1.29 is 27.2 Å². The maximum atomic E-state index is 13.6. The van der Waals surface area contributed by atoms with Gasteiger partial charge in [-0.3, -0.25) is 4.79 Å². The summed E-state index contributed by atoms with van der Waals surface area (Å²) in [6.07, 6.45) is 3.63. The summed E-state index contributed by atoms with van der Waals surface area (Å²) in [5.41, 5.74) is -0.324. The van der Waals surface area contributed by atoms with Crippen LogP contribution in [0.2, 0.25) is 0 Å². The van der Waals surface area contributed by atoms with Gasteiger partial charge in [-0.25, -0.2) is 14.8 Å². The normalized spacial score (nSPS) is 16.9. The second-order valence-corrected chi connectivity index (χ2v) is 10.1. The van der Waals surface area contributed by atoms with E-state index in [1.54, 1.807) is 42.5 Å². The van der Waals surface area contributed by atoms with Gasteiger partial charge in [-0.05, 0) is 49.9 Å². The average molecular weight is 557 g/mol. The molecule has 0 radical (unpaired) electrons. The van der Waals surface area contributed by atoms with Crippen molar-refractivity contribution in [2.45, 2.75) is 63.2 Å². The molecule has 1 saturated heterocycles. The molecule has 0 unspecified atom stereocenters. The zero-order chi connectivity index (χ0) is 28.1. The maximum Gasteiger partial charge on any atom is 0.452 e. The summed E-state index contributed by atoms with van der Waals surface area (Å²) in [4.78, 5) is 35.3. The molecular weight excluding hydrogens is 525 g/mol. The van der Waals surface area contributed by atoms with E-state index < -0.39 is 23.5 Å². The first-order valence-corrected chi connectivity index (χ1v) is 13.5. The van der Waals surface area contributed by atoms with E-state index in [0.717, 1.165) is 38.5 Å². The Labute approximate surface area is 229 Å². The van der Waals surface area contributed by atoms with Crippen molar-refractivity contribution >= 4 is 23.4 Å². The van der Waals surface area contributed by atoms with Gasteiger partial charge in [-0.15, -0.1) is 0 Å². The fraction of sp³-hybridized carbons (Fsp3) is 0.429. The van der Waals surface area contributed by atoms with Gasteiger partial charge in [0.2, 0.25) is 11.7 Å². The second kappa shape index (κ2) is 12.0. The number of halogens is 3. The lowest BCUT2D eigenvalue weighted by atomic mass is 9.95. The molecule has 1 aromatic carbocycles. The SMILES string of the molecule is O=C(Nc1ccc(NC2CCN(C(=O)NC3CCCCC3)CC2)nc1)c1nc(-c2ccccc2)oc1C(F)(F)F. The molecule has 212 valence electrons. The summed E-state index contributed by atoms with van der Waals surface area (Å²) >= 11 is 0. The van der Waals surface area contributed by atoms with Crippen LogP contribution < -0.4 is 16.0 Å². The number of nitrogens with one attached hydrogen (secondary N) is 3. The molecule has 2 aliphatic rings. The number of hydrogen-bond donors (Lipinski definition) is 3. The highest BCUT2D eigenvalue weighted by Gasteiger charge is 2.42. The summed E-state index contributed by atoms with van der Waals surface area (Å²) in [6, 6.07) is 11.6. The molecule has 3 heterocycles. The van der Waals surface area contributed by atoms with Crippen LogP contribution in [-0.4, -0.2) is 52.0 Å². The first kappa shape index (κ1) is 27.5. The Morgan fingerprint density at radius 1 is 0.925 bits per heavy atom. The highest BCUT2D eigenvalue weighted by atomic mass is 19.4. The van der Waals surface area contributed by atoms with Crippen LogP contribution in [0.1, 0.15) is 61.2 Å². The highest BCUT2D eigenvalue weighted by molar-refractivity contribution is 6.04. The smallest absolute Gasteiger partial charge is 0.431 e. The Morgan fingerprint density at radius 2 is 1.65 bits per heavy atom. The van der Waals surface area contributed by atoms with Gasteiger partial charge in [0.1, 0.15) is 5.82 Å². The van der Waals surface area contributed by atoms with E-state index >= 15 is 0 Å². The van der Waals surface area contributed by atoms with E-state index in [1.165, 1.54) is 12.6 Å². The number of pyridine rings is 1. The van der Waals surface area contributed by atoms with Crippen LogP contribution in [0.25, 0.3) is 11.5 Å². The van der Waals surface area contributed by atoms with Gasteiger partial charge in [0.15, 0.2) is 5.69 Å². The van der Waals surface area contributed by atoms with E-state index in [4.69, 9.17) is 4.42 Å². The molecule has 0 spiro atoms. The molecular formula is C28H31F3N6O3. The number of rotatable bonds is 6. The molecule has 3 aromatic rings. The molecule has 3 amide bonds. The van der Waals surface area contributed by atoms with Crippen molar-refractivity contribution in [1.29, 1.82) is 0 Å². The van der Waals surface area contributed by atoms with E-state index in [1.807, 2.05) is 4.90 Å². The predicted molar refractivity (Wildman–Crippen MR) is 143 cm³/mol. The number of hydrogen-bond acceptors (Lipinski definition) is 6. The number of carbonyl (C=O) groups excluding carboxylic acids is 2. The van der Waals surface area contributed by atoms with Crippen LogP contribution in [0.5, 0.6) is 0 Å². The first-order valence-electron chi connectivity index (χ1n) is 13.5. The Balaban J connectivity index is 1.15. The Kier molecular flexibility index (Phi) is 8.22. The molecule has 3 N–H and O–H groups in total. The van der Waals surface area contributed by atoms with Gasteiger partial charge in [0.25, 0.3) is 5.91 Å². The van der Waals surface area contributed by atoms with Gasteiger partial charge in [-0.1, -0.05) is 37.5 Å². The number of aromatic nitrogens is 2. The number of piperidine rings is 1. The van der Waals surface area contributed by atoms with Gasteiger partial charge >= 0.3 is 12.2 Å². The quantitative estimate of drug-likeness (QED) is 0.347. The number of alkyl halides is 3. The van der Waals surface area contributed by atoms with Crippen LogP contribution in [0.3, 0.4) is 0 Å². The molecule has 1 aliphatic carbocycles. The van der Waals surface area contributed by atoms with E-state index in [2.05, 4.69) is 25.9 Å². The van der Waals surface area contributed by atoms with Crippen LogP contribution >= 0.6 is 0 Å². The molecule has 0 bridgehead atoms. The highest BCUT2D eigenvalue weighted by Crippen LogP contribution is 2.35. The van der Waals surface area contributed by atoms with Crippen LogP contribution in [0, 0.1) is 0 Å². The largest absolute Gasteiger partial charge is 0.452 e. The number of nitrogens with zero attached hydrogens (tertiary/aromatic N) is 3. The average Bonchev–Trinajstić information content (AvgIpc) is 3.42. The van der Waals surface area contributed by atoms with Gasteiger partial charge in [0, 0.05) is 30.7 Å². The van der Waals surface area contributed by atoms with Gasteiger partial charge < -0.3 is 25.3 Å². The van der Waals surface area contributed by atoms with Gasteiger partial charge in [-0.2, -0.15) is 13.2 Å². The minimum atomic E-state index is -4.90. The van der Waals surface area contributed by atoms with Crippen LogP contribution in [-0.2, 0) is 6.18 Å².